The first kappa shape index (κ1) is 16.7. The van der Waals surface area contributed by atoms with Crippen molar-refractivity contribution in [2.45, 2.75) is 12.1 Å². The minimum absolute atomic E-state index is 0.210. The first-order chi connectivity index (χ1) is 13.4. The van der Waals surface area contributed by atoms with Gasteiger partial charge in [0.1, 0.15) is 5.82 Å². The molecule has 1 aromatic carbocycles. The average Bonchev–Trinajstić information content (AvgIpc) is 3.39. The van der Waals surface area contributed by atoms with Crippen molar-refractivity contribution in [3.05, 3.63) is 48.7 Å². The molecule has 140 valence electrons. The van der Waals surface area contributed by atoms with Gasteiger partial charge in [-0.3, -0.25) is 4.90 Å². The van der Waals surface area contributed by atoms with E-state index in [1.165, 1.54) is 0 Å². The van der Waals surface area contributed by atoms with Gasteiger partial charge in [0.15, 0.2) is 5.65 Å². The minimum Gasteiger partial charge on any atom is -0.379 e. The lowest BCUT2D eigenvalue weighted by Crippen LogP contribution is -2.51. The van der Waals surface area contributed by atoms with Crippen LogP contribution in [0.5, 0.6) is 0 Å². The van der Waals surface area contributed by atoms with Gasteiger partial charge in [-0.1, -0.05) is 30.3 Å². The monoisotopic (exact) mass is 365 g/mol. The van der Waals surface area contributed by atoms with Crippen LogP contribution in [0.15, 0.2) is 48.7 Å². The Morgan fingerprint density at radius 3 is 2.70 bits per heavy atom. The van der Waals surface area contributed by atoms with Crippen molar-refractivity contribution in [2.75, 3.05) is 44.8 Å². The molecule has 2 aromatic heterocycles. The highest BCUT2D eigenvalue weighted by Crippen LogP contribution is 2.24. The van der Waals surface area contributed by atoms with Crippen LogP contribution in [0.1, 0.15) is 0 Å². The lowest BCUT2D eigenvalue weighted by atomic mass is 10.1. The zero-order valence-corrected chi connectivity index (χ0v) is 15.1. The Kier molecular flexibility index (Phi) is 4.49. The summed E-state index contributed by atoms with van der Waals surface area (Å²) >= 11 is 0. The van der Waals surface area contributed by atoms with E-state index in [4.69, 9.17) is 14.5 Å². The van der Waals surface area contributed by atoms with Crippen LogP contribution in [0.3, 0.4) is 0 Å². The first-order valence-electron chi connectivity index (χ1n) is 9.45. The van der Waals surface area contributed by atoms with Gasteiger partial charge >= 0.3 is 0 Å². The number of benzene rings is 1. The Bertz CT molecular complexity index is 907. The molecule has 2 atom stereocenters. The van der Waals surface area contributed by atoms with Gasteiger partial charge < -0.3 is 14.8 Å². The maximum atomic E-state index is 5.81. The van der Waals surface area contributed by atoms with E-state index in [1.807, 2.05) is 28.8 Å². The predicted octanol–water partition coefficient (Wildman–Crippen LogP) is 1.91. The van der Waals surface area contributed by atoms with E-state index < -0.39 is 0 Å². The van der Waals surface area contributed by atoms with Crippen molar-refractivity contribution in [1.82, 2.24) is 19.5 Å². The predicted molar refractivity (Wildman–Crippen MR) is 103 cm³/mol. The average molecular weight is 365 g/mol. The summed E-state index contributed by atoms with van der Waals surface area (Å²) in [5, 5.41) is 8.13. The van der Waals surface area contributed by atoms with Crippen LogP contribution in [0.4, 0.5) is 5.82 Å². The topological polar surface area (TPSA) is 63.9 Å². The van der Waals surface area contributed by atoms with E-state index in [0.29, 0.717) is 12.6 Å². The van der Waals surface area contributed by atoms with E-state index in [9.17, 15) is 0 Å². The SMILES string of the molecule is c1ccc(-c2cc(N[C@H]3COC[C@@H]3N3CCOCC3)n3nccc3n2)cc1. The van der Waals surface area contributed by atoms with Crippen molar-refractivity contribution in [1.29, 1.82) is 0 Å². The van der Waals surface area contributed by atoms with Crippen LogP contribution in [-0.2, 0) is 9.47 Å². The summed E-state index contributed by atoms with van der Waals surface area (Å²) in [6, 6.07) is 14.8. The normalized spacial score (nSPS) is 23.7. The maximum Gasteiger partial charge on any atom is 0.157 e. The molecule has 2 aliphatic rings. The van der Waals surface area contributed by atoms with E-state index in [1.54, 1.807) is 6.20 Å². The quantitative estimate of drug-likeness (QED) is 0.762. The van der Waals surface area contributed by atoms with Gasteiger partial charge in [0.25, 0.3) is 0 Å². The lowest BCUT2D eigenvalue weighted by Gasteiger charge is -2.34. The number of fused-ring (bicyclic) bond motifs is 1. The maximum absolute atomic E-state index is 5.81. The second-order valence-electron chi connectivity index (χ2n) is 7.00. The Morgan fingerprint density at radius 2 is 1.85 bits per heavy atom. The number of nitrogens with zero attached hydrogens (tertiary/aromatic N) is 4. The van der Waals surface area contributed by atoms with Crippen molar-refractivity contribution in [3.63, 3.8) is 0 Å². The largest absolute Gasteiger partial charge is 0.379 e. The van der Waals surface area contributed by atoms with E-state index in [-0.39, 0.29) is 6.04 Å². The van der Waals surface area contributed by atoms with Crippen LogP contribution >= 0.6 is 0 Å². The molecular formula is C20H23N5O2. The molecule has 0 bridgehead atoms. The molecule has 7 nitrogen and oxygen atoms in total. The van der Waals surface area contributed by atoms with Gasteiger partial charge in [-0.2, -0.15) is 9.61 Å². The molecule has 1 N–H and O–H groups in total. The Morgan fingerprint density at radius 1 is 1.00 bits per heavy atom. The molecule has 2 fully saturated rings. The summed E-state index contributed by atoms with van der Waals surface area (Å²) < 4.78 is 13.2. The number of hydrogen-bond donors (Lipinski definition) is 1. The molecule has 0 aliphatic carbocycles. The number of morpholine rings is 1. The van der Waals surface area contributed by atoms with Crippen LogP contribution in [0.2, 0.25) is 0 Å². The third-order valence-corrected chi connectivity index (χ3v) is 5.33. The summed E-state index contributed by atoms with van der Waals surface area (Å²) in [5.41, 5.74) is 2.87. The highest BCUT2D eigenvalue weighted by molar-refractivity contribution is 5.66. The Labute approximate surface area is 157 Å². The summed E-state index contributed by atoms with van der Waals surface area (Å²) in [6.07, 6.45) is 1.78. The van der Waals surface area contributed by atoms with Crippen molar-refractivity contribution >= 4 is 11.5 Å². The van der Waals surface area contributed by atoms with E-state index in [2.05, 4.69) is 33.5 Å². The summed E-state index contributed by atoms with van der Waals surface area (Å²) in [6.45, 7) is 4.92. The van der Waals surface area contributed by atoms with E-state index in [0.717, 1.165) is 55.6 Å². The van der Waals surface area contributed by atoms with E-state index >= 15 is 0 Å². The highest BCUT2D eigenvalue weighted by Gasteiger charge is 2.34. The second-order valence-corrected chi connectivity index (χ2v) is 7.00. The number of nitrogens with one attached hydrogen (secondary N) is 1. The molecule has 0 unspecified atom stereocenters. The molecule has 0 radical (unpaired) electrons. The molecule has 7 heteroatoms. The fourth-order valence-corrected chi connectivity index (χ4v) is 3.91. The fourth-order valence-electron chi connectivity index (χ4n) is 3.91. The molecule has 27 heavy (non-hydrogen) atoms. The molecule has 0 saturated carbocycles. The minimum atomic E-state index is 0.210. The molecule has 0 spiro atoms. The summed E-state index contributed by atoms with van der Waals surface area (Å²) in [4.78, 5) is 7.22. The van der Waals surface area contributed by atoms with Crippen LogP contribution in [-0.4, -0.2) is 71.1 Å². The standard InChI is InChI=1S/C20H23N5O2/c1-2-4-15(5-3-1)16-12-20(25-19(22-16)6-7-21-25)23-17-13-27-14-18(17)24-8-10-26-11-9-24/h1-7,12,17-18,23H,8-11,13-14H2/t17-,18-/m0/s1. The fraction of sp³-hybridized carbons (Fsp3) is 0.400. The van der Waals surface area contributed by atoms with Crippen molar-refractivity contribution in [3.8, 4) is 11.3 Å². The number of anilines is 1. The molecular weight excluding hydrogens is 342 g/mol. The van der Waals surface area contributed by atoms with Gasteiger partial charge in [0.2, 0.25) is 0 Å². The number of aromatic nitrogens is 3. The van der Waals surface area contributed by atoms with Gasteiger partial charge in [-0.05, 0) is 0 Å². The smallest absolute Gasteiger partial charge is 0.157 e. The van der Waals surface area contributed by atoms with Gasteiger partial charge in [-0.25, -0.2) is 4.98 Å². The molecule has 3 aromatic rings. The van der Waals surface area contributed by atoms with Gasteiger partial charge in [0, 0.05) is 30.8 Å². The molecule has 4 heterocycles. The third-order valence-electron chi connectivity index (χ3n) is 5.33. The first-order valence-corrected chi connectivity index (χ1v) is 9.45. The highest BCUT2D eigenvalue weighted by atomic mass is 16.5. The zero-order valence-electron chi connectivity index (χ0n) is 15.1. The molecule has 2 saturated heterocycles. The van der Waals surface area contributed by atoms with Crippen LogP contribution in [0, 0.1) is 0 Å². The molecule has 0 amide bonds. The van der Waals surface area contributed by atoms with Crippen molar-refractivity contribution in [2.24, 2.45) is 0 Å². The summed E-state index contributed by atoms with van der Waals surface area (Å²) in [5.74, 6) is 0.942. The number of ether oxygens (including phenoxy) is 2. The summed E-state index contributed by atoms with van der Waals surface area (Å²) in [7, 11) is 0. The third kappa shape index (κ3) is 3.29. The zero-order chi connectivity index (χ0) is 18.1. The second kappa shape index (κ2) is 7.26. The number of hydrogen-bond acceptors (Lipinski definition) is 6. The van der Waals surface area contributed by atoms with Gasteiger partial charge in [-0.15, -0.1) is 0 Å². The Balaban J connectivity index is 1.46. The lowest BCUT2D eigenvalue weighted by molar-refractivity contribution is 0.0130. The Hall–Kier alpha value is -2.48. The molecule has 5 rings (SSSR count). The van der Waals surface area contributed by atoms with Crippen LogP contribution < -0.4 is 5.32 Å². The molecule has 2 aliphatic heterocycles. The van der Waals surface area contributed by atoms with Gasteiger partial charge in [0.05, 0.1) is 50.4 Å². The number of rotatable bonds is 4. The van der Waals surface area contributed by atoms with Crippen LogP contribution in [0.25, 0.3) is 16.9 Å². The van der Waals surface area contributed by atoms with Crippen molar-refractivity contribution < 1.29 is 9.47 Å².